The van der Waals surface area contributed by atoms with Gasteiger partial charge < -0.3 is 10.2 Å². The van der Waals surface area contributed by atoms with Crippen molar-refractivity contribution in [1.82, 2.24) is 10.3 Å². The molecule has 5 heteroatoms. The summed E-state index contributed by atoms with van der Waals surface area (Å²) in [5, 5.41) is 5.06. The lowest BCUT2D eigenvalue weighted by molar-refractivity contribution is 0.577. The second-order valence-electron chi connectivity index (χ2n) is 4.04. The maximum atomic E-state index is 6.13. The minimum Gasteiger partial charge on any atom is -0.348 e. The number of anilines is 1. The largest absolute Gasteiger partial charge is 0.348 e. The Morgan fingerprint density at radius 2 is 2.12 bits per heavy atom. The average molecular weight is 260 g/mol. The van der Waals surface area contributed by atoms with Crippen molar-refractivity contribution in [3.8, 4) is 0 Å². The number of nitrogens with one attached hydrogen (secondary N) is 1. The van der Waals surface area contributed by atoms with Gasteiger partial charge in [0.25, 0.3) is 0 Å². The molecule has 0 amide bonds. The van der Waals surface area contributed by atoms with Gasteiger partial charge in [-0.25, -0.2) is 4.98 Å². The van der Waals surface area contributed by atoms with Gasteiger partial charge in [0.2, 0.25) is 0 Å². The maximum absolute atomic E-state index is 6.13. The molecular formula is C11H18ClN3S. The van der Waals surface area contributed by atoms with Crippen molar-refractivity contribution in [3.05, 3.63) is 10.0 Å². The summed E-state index contributed by atoms with van der Waals surface area (Å²) in [6.07, 6.45) is 3.90. The number of aromatic nitrogens is 1. The van der Waals surface area contributed by atoms with Crippen LogP contribution in [-0.2, 0) is 6.54 Å². The third-order valence-corrected chi connectivity index (χ3v) is 4.34. The molecule has 1 aliphatic rings. The number of hydrogen-bond acceptors (Lipinski definition) is 4. The molecule has 0 bridgehead atoms. The van der Waals surface area contributed by atoms with E-state index in [4.69, 9.17) is 11.6 Å². The first kappa shape index (κ1) is 12.1. The van der Waals surface area contributed by atoms with E-state index < -0.39 is 0 Å². The molecule has 1 fully saturated rings. The van der Waals surface area contributed by atoms with Crippen molar-refractivity contribution < 1.29 is 0 Å². The fourth-order valence-corrected chi connectivity index (χ4v) is 3.18. The molecule has 16 heavy (non-hydrogen) atoms. The van der Waals surface area contributed by atoms with Crippen LogP contribution in [-0.4, -0.2) is 24.6 Å². The van der Waals surface area contributed by atoms with Crippen molar-refractivity contribution in [2.24, 2.45) is 0 Å². The van der Waals surface area contributed by atoms with Gasteiger partial charge in [-0.1, -0.05) is 29.9 Å². The number of nitrogens with zero attached hydrogens (tertiary/aromatic N) is 2. The quantitative estimate of drug-likeness (QED) is 0.901. The normalized spacial score (nSPS) is 16.8. The van der Waals surface area contributed by atoms with Crippen LogP contribution in [0.2, 0.25) is 5.15 Å². The minimum atomic E-state index is 0.673. The minimum absolute atomic E-state index is 0.673. The monoisotopic (exact) mass is 259 g/mol. The zero-order chi connectivity index (χ0) is 11.4. The second kappa shape index (κ2) is 5.84. The SMILES string of the molecule is CCNCc1sc(N2CCCCC2)nc1Cl. The lowest BCUT2D eigenvalue weighted by Crippen LogP contribution is -2.29. The summed E-state index contributed by atoms with van der Waals surface area (Å²) in [7, 11) is 0. The molecule has 0 aliphatic carbocycles. The van der Waals surface area contributed by atoms with E-state index in [1.165, 1.54) is 19.3 Å². The van der Waals surface area contributed by atoms with Crippen molar-refractivity contribution >= 4 is 28.1 Å². The lowest BCUT2D eigenvalue weighted by atomic mass is 10.1. The zero-order valence-electron chi connectivity index (χ0n) is 9.63. The van der Waals surface area contributed by atoms with Crippen molar-refractivity contribution in [3.63, 3.8) is 0 Å². The predicted octanol–water partition coefficient (Wildman–Crippen LogP) is 2.90. The molecule has 0 spiro atoms. The topological polar surface area (TPSA) is 28.2 Å². The van der Waals surface area contributed by atoms with Gasteiger partial charge in [-0.2, -0.15) is 0 Å². The van der Waals surface area contributed by atoms with Gasteiger partial charge in [0.1, 0.15) is 5.15 Å². The van der Waals surface area contributed by atoms with E-state index in [9.17, 15) is 0 Å². The Kier molecular flexibility index (Phi) is 4.44. The van der Waals surface area contributed by atoms with Crippen LogP contribution in [0.1, 0.15) is 31.1 Å². The molecule has 0 saturated carbocycles. The fourth-order valence-electron chi connectivity index (χ4n) is 1.89. The molecule has 1 aromatic heterocycles. The van der Waals surface area contributed by atoms with Gasteiger partial charge in [-0.15, -0.1) is 0 Å². The van der Waals surface area contributed by atoms with E-state index in [0.717, 1.165) is 36.2 Å². The Hall–Kier alpha value is -0.320. The summed E-state index contributed by atoms with van der Waals surface area (Å²) in [4.78, 5) is 7.97. The van der Waals surface area contributed by atoms with E-state index in [2.05, 4.69) is 22.1 Å². The average Bonchev–Trinajstić information content (AvgIpc) is 2.69. The van der Waals surface area contributed by atoms with Gasteiger partial charge in [0, 0.05) is 19.6 Å². The third kappa shape index (κ3) is 2.87. The highest BCUT2D eigenvalue weighted by Crippen LogP contribution is 2.31. The fraction of sp³-hybridized carbons (Fsp3) is 0.727. The van der Waals surface area contributed by atoms with E-state index in [0.29, 0.717) is 5.15 Å². The van der Waals surface area contributed by atoms with Crippen molar-refractivity contribution in [1.29, 1.82) is 0 Å². The summed E-state index contributed by atoms with van der Waals surface area (Å²) in [5.41, 5.74) is 0. The predicted molar refractivity (Wildman–Crippen MR) is 70.6 cm³/mol. The van der Waals surface area contributed by atoms with Crippen molar-refractivity contribution in [2.75, 3.05) is 24.5 Å². The maximum Gasteiger partial charge on any atom is 0.187 e. The van der Waals surface area contributed by atoms with Gasteiger partial charge in [0.15, 0.2) is 5.13 Å². The van der Waals surface area contributed by atoms with Gasteiger partial charge >= 0.3 is 0 Å². The highest BCUT2D eigenvalue weighted by molar-refractivity contribution is 7.16. The standard InChI is InChI=1S/C11H18ClN3S/c1-2-13-8-9-10(12)14-11(16-9)15-6-4-3-5-7-15/h13H,2-8H2,1H3. The molecule has 90 valence electrons. The van der Waals surface area contributed by atoms with Gasteiger partial charge in [0.05, 0.1) is 4.88 Å². The summed E-state index contributed by atoms with van der Waals surface area (Å²) < 4.78 is 0. The summed E-state index contributed by atoms with van der Waals surface area (Å²) in [6.45, 7) is 6.16. The van der Waals surface area contributed by atoms with E-state index >= 15 is 0 Å². The van der Waals surface area contributed by atoms with E-state index in [-0.39, 0.29) is 0 Å². The Morgan fingerprint density at radius 1 is 1.38 bits per heavy atom. The van der Waals surface area contributed by atoms with Crippen LogP contribution >= 0.6 is 22.9 Å². The van der Waals surface area contributed by atoms with Gasteiger partial charge in [-0.05, 0) is 25.8 Å². The van der Waals surface area contributed by atoms with Crippen LogP contribution in [0.5, 0.6) is 0 Å². The summed E-state index contributed by atoms with van der Waals surface area (Å²) in [5.74, 6) is 0. The molecular weight excluding hydrogens is 242 g/mol. The van der Waals surface area contributed by atoms with Crippen LogP contribution in [0.4, 0.5) is 5.13 Å². The van der Waals surface area contributed by atoms with E-state index in [1.807, 2.05) is 0 Å². The van der Waals surface area contributed by atoms with Crippen LogP contribution in [0, 0.1) is 0 Å². The molecule has 0 unspecified atom stereocenters. The van der Waals surface area contributed by atoms with Crippen LogP contribution in [0.3, 0.4) is 0 Å². The molecule has 2 rings (SSSR count). The van der Waals surface area contributed by atoms with Gasteiger partial charge in [-0.3, -0.25) is 0 Å². The Morgan fingerprint density at radius 3 is 2.81 bits per heavy atom. The molecule has 1 aromatic rings. The smallest absolute Gasteiger partial charge is 0.187 e. The molecule has 1 saturated heterocycles. The number of rotatable bonds is 4. The highest BCUT2D eigenvalue weighted by atomic mass is 35.5. The Labute approximate surface area is 106 Å². The zero-order valence-corrected chi connectivity index (χ0v) is 11.2. The Balaban J connectivity index is 2.03. The molecule has 0 radical (unpaired) electrons. The molecule has 2 heterocycles. The summed E-state index contributed by atoms with van der Waals surface area (Å²) >= 11 is 7.86. The number of thiazole rings is 1. The van der Waals surface area contributed by atoms with E-state index in [1.54, 1.807) is 11.3 Å². The number of hydrogen-bond donors (Lipinski definition) is 1. The first-order valence-corrected chi connectivity index (χ1v) is 7.11. The first-order chi connectivity index (χ1) is 7.81. The summed E-state index contributed by atoms with van der Waals surface area (Å²) in [6, 6.07) is 0. The highest BCUT2D eigenvalue weighted by Gasteiger charge is 2.16. The van der Waals surface area contributed by atoms with Crippen molar-refractivity contribution in [2.45, 2.75) is 32.7 Å². The first-order valence-electron chi connectivity index (χ1n) is 5.92. The molecule has 0 atom stereocenters. The van der Waals surface area contributed by atoms with Crippen LogP contribution < -0.4 is 10.2 Å². The van der Waals surface area contributed by atoms with Crippen LogP contribution in [0.25, 0.3) is 0 Å². The lowest BCUT2D eigenvalue weighted by Gasteiger charge is -2.25. The molecule has 1 aliphatic heterocycles. The molecule has 0 aromatic carbocycles. The number of halogens is 1. The number of piperidine rings is 1. The van der Waals surface area contributed by atoms with Crippen LogP contribution in [0.15, 0.2) is 0 Å². The molecule has 1 N–H and O–H groups in total. The molecule has 3 nitrogen and oxygen atoms in total. The third-order valence-electron chi connectivity index (χ3n) is 2.80. The second-order valence-corrected chi connectivity index (χ2v) is 5.46. The Bertz CT molecular complexity index is 334.